The average Bonchev–Trinajstić information content (AvgIpc) is 3.32. The zero-order valence-electron chi connectivity index (χ0n) is 21.3. The van der Waals surface area contributed by atoms with Crippen molar-refractivity contribution in [3.8, 4) is 32.8 Å². The lowest BCUT2D eigenvalue weighted by Crippen LogP contribution is -2.28. The zero-order valence-corrected chi connectivity index (χ0v) is 23.0. The molecule has 0 radical (unpaired) electrons. The fourth-order valence-electron chi connectivity index (χ4n) is 4.66. The summed E-state index contributed by atoms with van der Waals surface area (Å²) in [6.45, 7) is 4.44. The summed E-state index contributed by atoms with van der Waals surface area (Å²) < 4.78 is 30.9. The van der Waals surface area contributed by atoms with E-state index in [-0.39, 0.29) is 23.5 Å². The molecule has 0 spiro atoms. The van der Waals surface area contributed by atoms with Gasteiger partial charge in [0.2, 0.25) is 0 Å². The summed E-state index contributed by atoms with van der Waals surface area (Å²) in [5, 5.41) is 10.4. The first kappa shape index (κ1) is 26.3. The normalized spacial score (nSPS) is 15.6. The lowest BCUT2D eigenvalue weighted by atomic mass is 9.82. The summed E-state index contributed by atoms with van der Waals surface area (Å²) in [6, 6.07) is 14.2. The average molecular weight is 524 g/mol. The van der Waals surface area contributed by atoms with Crippen LogP contribution in [-0.4, -0.2) is 56.6 Å². The number of ether oxygens (including phenoxy) is 1. The van der Waals surface area contributed by atoms with Crippen molar-refractivity contribution < 1.29 is 13.2 Å². The first-order valence-corrected chi connectivity index (χ1v) is 14.9. The number of sulfone groups is 1. The Balaban J connectivity index is 1.53. The fourth-order valence-corrected chi connectivity index (χ4v) is 7.44. The van der Waals surface area contributed by atoms with Crippen molar-refractivity contribution in [2.75, 3.05) is 32.1 Å². The van der Waals surface area contributed by atoms with Crippen molar-refractivity contribution in [3.05, 3.63) is 59.3 Å². The maximum Gasteiger partial charge on any atom is 0.151 e. The molecule has 0 fully saturated rings. The van der Waals surface area contributed by atoms with Crippen LogP contribution >= 0.6 is 11.3 Å². The van der Waals surface area contributed by atoms with E-state index in [2.05, 4.69) is 29.3 Å². The van der Waals surface area contributed by atoms with Crippen LogP contribution in [0, 0.1) is 17.2 Å². The van der Waals surface area contributed by atoms with E-state index in [0.29, 0.717) is 17.9 Å². The van der Waals surface area contributed by atoms with Gasteiger partial charge < -0.3 is 9.64 Å². The zero-order chi connectivity index (χ0) is 25.9. The monoisotopic (exact) mass is 523 g/mol. The van der Waals surface area contributed by atoms with Crippen molar-refractivity contribution in [1.29, 1.82) is 5.26 Å². The van der Waals surface area contributed by atoms with Gasteiger partial charge in [-0.25, -0.2) is 13.4 Å². The second kappa shape index (κ2) is 11.1. The van der Waals surface area contributed by atoms with Crippen molar-refractivity contribution >= 4 is 21.2 Å². The van der Waals surface area contributed by atoms with Crippen LogP contribution in [0.2, 0.25) is 0 Å². The van der Waals surface area contributed by atoms with Gasteiger partial charge in [0.15, 0.2) is 9.84 Å². The molecule has 2 aromatic carbocycles. The van der Waals surface area contributed by atoms with Gasteiger partial charge in [0.25, 0.3) is 0 Å². The molecule has 0 amide bonds. The van der Waals surface area contributed by atoms with E-state index in [4.69, 9.17) is 4.74 Å². The molecule has 1 heterocycles. The molecule has 4 rings (SSSR count). The highest BCUT2D eigenvalue weighted by molar-refractivity contribution is 7.91. The molecule has 0 saturated heterocycles. The number of hydrogen-bond acceptors (Lipinski definition) is 7. The van der Waals surface area contributed by atoms with Gasteiger partial charge in [-0.15, -0.1) is 11.3 Å². The molecule has 0 N–H and O–H groups in total. The summed E-state index contributed by atoms with van der Waals surface area (Å²) in [7, 11) is 0.735. The molecule has 3 aromatic rings. The molecule has 6 nitrogen and oxygen atoms in total. The standard InChI is InChI=1S/C28H33N3O3S2/c1-19(2)34-26-11-9-22(15-23(26)16-29)28-30-17-27(35-28)25-7-5-6-21-14-20(8-10-24(21)25)18-36(32,33)13-12-31(3)4/h5-7,9,11,15,17,19-20H,8,10,12-14,18H2,1-4H3/t20-/m1/s1. The highest BCUT2D eigenvalue weighted by Crippen LogP contribution is 2.39. The summed E-state index contributed by atoms with van der Waals surface area (Å²) in [5.74, 6) is 1.22. The van der Waals surface area contributed by atoms with Crippen LogP contribution in [0.1, 0.15) is 37.0 Å². The van der Waals surface area contributed by atoms with Gasteiger partial charge in [-0.1, -0.05) is 18.2 Å². The molecular weight excluding hydrogens is 490 g/mol. The van der Waals surface area contributed by atoms with Crippen molar-refractivity contribution in [3.63, 3.8) is 0 Å². The van der Waals surface area contributed by atoms with Crippen LogP contribution in [0.15, 0.2) is 42.6 Å². The molecule has 8 heteroatoms. The summed E-state index contributed by atoms with van der Waals surface area (Å²) in [6.07, 6.45) is 4.43. The minimum Gasteiger partial charge on any atom is -0.490 e. The molecule has 1 aliphatic rings. The Morgan fingerprint density at radius 1 is 1.25 bits per heavy atom. The quantitative estimate of drug-likeness (QED) is 0.383. The number of nitriles is 1. The van der Waals surface area contributed by atoms with Crippen LogP contribution in [-0.2, 0) is 22.7 Å². The predicted octanol–water partition coefficient (Wildman–Crippen LogP) is 5.22. The molecule has 1 aromatic heterocycles. The summed E-state index contributed by atoms with van der Waals surface area (Å²) in [4.78, 5) is 7.66. The summed E-state index contributed by atoms with van der Waals surface area (Å²) in [5.41, 5.74) is 5.11. The number of benzene rings is 2. The second-order valence-electron chi connectivity index (χ2n) is 9.99. The van der Waals surface area contributed by atoms with Crippen LogP contribution < -0.4 is 4.74 Å². The number of aromatic nitrogens is 1. The van der Waals surface area contributed by atoms with E-state index in [0.717, 1.165) is 34.7 Å². The Labute approximate surface area is 218 Å². The minimum atomic E-state index is -3.07. The third-order valence-corrected chi connectivity index (χ3v) is 9.27. The van der Waals surface area contributed by atoms with Gasteiger partial charge in [-0.05, 0) is 88.0 Å². The van der Waals surface area contributed by atoms with E-state index < -0.39 is 9.84 Å². The predicted molar refractivity (Wildman–Crippen MR) is 146 cm³/mol. The van der Waals surface area contributed by atoms with E-state index in [9.17, 15) is 13.7 Å². The van der Waals surface area contributed by atoms with E-state index in [1.165, 1.54) is 16.7 Å². The van der Waals surface area contributed by atoms with Crippen LogP contribution in [0.5, 0.6) is 5.75 Å². The van der Waals surface area contributed by atoms with Gasteiger partial charge in [0.05, 0.1) is 28.1 Å². The molecule has 1 atom stereocenters. The highest BCUT2D eigenvalue weighted by Gasteiger charge is 2.26. The van der Waals surface area contributed by atoms with Crippen LogP contribution in [0.25, 0.3) is 21.0 Å². The molecule has 36 heavy (non-hydrogen) atoms. The van der Waals surface area contributed by atoms with E-state index >= 15 is 0 Å². The number of rotatable bonds is 9. The number of thiazole rings is 1. The van der Waals surface area contributed by atoms with Gasteiger partial charge in [-0.2, -0.15) is 5.26 Å². The maximum atomic E-state index is 12.6. The molecule has 0 aliphatic heterocycles. The van der Waals surface area contributed by atoms with E-state index in [1.54, 1.807) is 11.3 Å². The fraction of sp³-hybridized carbons (Fsp3) is 0.429. The molecule has 190 valence electrons. The second-order valence-corrected chi connectivity index (χ2v) is 13.2. The van der Waals surface area contributed by atoms with E-state index in [1.807, 2.05) is 57.2 Å². The van der Waals surface area contributed by atoms with Gasteiger partial charge >= 0.3 is 0 Å². The topological polar surface area (TPSA) is 83.3 Å². The molecule has 0 bridgehead atoms. The van der Waals surface area contributed by atoms with Crippen LogP contribution in [0.4, 0.5) is 0 Å². The molecule has 1 aliphatic carbocycles. The van der Waals surface area contributed by atoms with Crippen molar-refractivity contribution in [1.82, 2.24) is 9.88 Å². The maximum absolute atomic E-state index is 12.6. The third kappa shape index (κ3) is 6.33. The first-order chi connectivity index (χ1) is 17.1. The Morgan fingerprint density at radius 3 is 2.78 bits per heavy atom. The lowest BCUT2D eigenvalue weighted by Gasteiger charge is -2.26. The number of hydrogen-bond donors (Lipinski definition) is 0. The molecular formula is C28H33N3O3S2. The smallest absolute Gasteiger partial charge is 0.151 e. The largest absolute Gasteiger partial charge is 0.490 e. The lowest BCUT2D eigenvalue weighted by molar-refractivity contribution is 0.242. The summed E-state index contributed by atoms with van der Waals surface area (Å²) >= 11 is 1.61. The molecule has 0 unspecified atom stereocenters. The third-order valence-electron chi connectivity index (χ3n) is 6.40. The van der Waals surface area contributed by atoms with Gasteiger partial charge in [0, 0.05) is 18.3 Å². The van der Waals surface area contributed by atoms with Gasteiger partial charge in [-0.3, -0.25) is 0 Å². The number of fused-ring (bicyclic) bond motifs is 1. The minimum absolute atomic E-state index is 0.00331. The van der Waals surface area contributed by atoms with Crippen molar-refractivity contribution in [2.45, 2.75) is 39.2 Å². The number of nitrogens with zero attached hydrogens (tertiary/aromatic N) is 3. The van der Waals surface area contributed by atoms with Crippen LogP contribution in [0.3, 0.4) is 0 Å². The first-order valence-electron chi connectivity index (χ1n) is 12.3. The Hall–Kier alpha value is -2.73. The Bertz CT molecular complexity index is 1370. The Morgan fingerprint density at radius 2 is 2.06 bits per heavy atom. The SMILES string of the molecule is CC(C)Oc1ccc(-c2ncc(-c3cccc4c3CC[C@@H](CS(=O)(=O)CCN(C)C)C4)s2)cc1C#N. The van der Waals surface area contributed by atoms with Gasteiger partial charge in [0.1, 0.15) is 16.8 Å². The van der Waals surface area contributed by atoms with Crippen molar-refractivity contribution in [2.24, 2.45) is 5.92 Å². The Kier molecular flexibility index (Phi) is 8.13. The highest BCUT2D eigenvalue weighted by atomic mass is 32.2. The molecule has 0 saturated carbocycles.